The minimum absolute atomic E-state index is 0.150. The molecule has 3 aliphatic carbocycles. The van der Waals surface area contributed by atoms with Crippen LogP contribution in [0, 0.1) is 25.7 Å². The van der Waals surface area contributed by atoms with Crippen molar-refractivity contribution >= 4 is 35.1 Å². The number of hydrogen-bond acceptors (Lipinski definition) is 5. The molecule has 0 aromatic heterocycles. The average molecular weight is 557 g/mol. The molecule has 1 saturated heterocycles. The molecule has 8 rings (SSSR count). The van der Waals surface area contributed by atoms with Crippen molar-refractivity contribution in [3.8, 4) is 0 Å². The van der Waals surface area contributed by atoms with Crippen molar-refractivity contribution in [2.24, 2.45) is 11.8 Å². The average Bonchev–Trinajstić information content (AvgIpc) is 3.27. The van der Waals surface area contributed by atoms with Crippen molar-refractivity contribution < 1.29 is 23.9 Å². The first-order chi connectivity index (χ1) is 20.3. The molecule has 208 valence electrons. The van der Waals surface area contributed by atoms with Gasteiger partial charge < -0.3 is 10.1 Å². The molecule has 2 atom stereocenters. The van der Waals surface area contributed by atoms with E-state index in [1.54, 1.807) is 24.3 Å². The second-order valence-electron chi connectivity index (χ2n) is 11.3. The Morgan fingerprint density at radius 2 is 1.29 bits per heavy atom. The van der Waals surface area contributed by atoms with Crippen molar-refractivity contribution in [2.45, 2.75) is 25.7 Å². The Bertz CT molecular complexity index is 1700. The first kappa shape index (κ1) is 25.9. The van der Waals surface area contributed by atoms with E-state index in [4.69, 9.17) is 4.74 Å². The molecule has 1 aliphatic heterocycles. The molecule has 3 amide bonds. The zero-order valence-electron chi connectivity index (χ0n) is 23.2. The number of anilines is 2. The van der Waals surface area contributed by atoms with E-state index in [-0.39, 0.29) is 29.2 Å². The summed E-state index contributed by atoms with van der Waals surface area (Å²) in [4.78, 5) is 54.6. The van der Waals surface area contributed by atoms with E-state index in [2.05, 4.69) is 29.6 Å². The number of carbonyl (C=O) groups excluding carboxylic acids is 4. The van der Waals surface area contributed by atoms with E-state index < -0.39 is 30.3 Å². The van der Waals surface area contributed by atoms with Gasteiger partial charge in [-0.2, -0.15) is 0 Å². The van der Waals surface area contributed by atoms with Crippen LogP contribution in [0.25, 0.3) is 0 Å². The first-order valence-corrected chi connectivity index (χ1v) is 14.0. The van der Waals surface area contributed by atoms with Gasteiger partial charge in [0, 0.05) is 17.5 Å². The van der Waals surface area contributed by atoms with Gasteiger partial charge in [-0.1, -0.05) is 60.7 Å². The molecule has 0 radical (unpaired) electrons. The lowest BCUT2D eigenvalue weighted by atomic mass is 9.55. The fourth-order valence-corrected chi connectivity index (χ4v) is 6.93. The monoisotopic (exact) mass is 556 g/mol. The van der Waals surface area contributed by atoms with Crippen LogP contribution in [0.4, 0.5) is 11.4 Å². The first-order valence-electron chi connectivity index (χ1n) is 14.0. The van der Waals surface area contributed by atoms with E-state index in [1.165, 1.54) is 11.0 Å². The predicted octanol–water partition coefficient (Wildman–Crippen LogP) is 5.50. The van der Waals surface area contributed by atoms with E-state index in [0.29, 0.717) is 11.4 Å². The molecule has 4 aromatic carbocycles. The highest BCUT2D eigenvalue weighted by molar-refractivity contribution is 6.23. The molecule has 42 heavy (non-hydrogen) atoms. The summed E-state index contributed by atoms with van der Waals surface area (Å²) in [7, 11) is 0. The molecule has 4 aromatic rings. The Morgan fingerprint density at radius 1 is 0.714 bits per heavy atom. The number of esters is 1. The van der Waals surface area contributed by atoms with Crippen molar-refractivity contribution in [3.63, 3.8) is 0 Å². The van der Waals surface area contributed by atoms with Crippen molar-refractivity contribution in [2.75, 3.05) is 16.8 Å². The predicted molar refractivity (Wildman–Crippen MR) is 157 cm³/mol. The summed E-state index contributed by atoms with van der Waals surface area (Å²) >= 11 is 0. The van der Waals surface area contributed by atoms with Crippen LogP contribution in [0.3, 0.4) is 0 Å². The zero-order valence-corrected chi connectivity index (χ0v) is 23.2. The number of hydrogen-bond donors (Lipinski definition) is 1. The van der Waals surface area contributed by atoms with Crippen LogP contribution >= 0.6 is 0 Å². The molecule has 0 saturated carbocycles. The highest BCUT2D eigenvalue weighted by Gasteiger charge is 2.61. The third-order valence-electron chi connectivity index (χ3n) is 8.91. The Labute approximate surface area is 243 Å². The van der Waals surface area contributed by atoms with E-state index >= 15 is 0 Å². The van der Waals surface area contributed by atoms with Gasteiger partial charge in [-0.25, -0.2) is 9.69 Å². The largest absolute Gasteiger partial charge is 0.452 e. The van der Waals surface area contributed by atoms with E-state index in [9.17, 15) is 19.2 Å². The summed E-state index contributed by atoms with van der Waals surface area (Å²) in [6.45, 7) is 3.46. The van der Waals surface area contributed by atoms with Crippen LogP contribution in [0.2, 0.25) is 0 Å². The minimum Gasteiger partial charge on any atom is -0.452 e. The lowest BCUT2D eigenvalue weighted by Crippen LogP contribution is -2.41. The Balaban J connectivity index is 1.12. The molecular formula is C35H28N2O5. The number of nitrogens with one attached hydrogen (secondary N) is 1. The third kappa shape index (κ3) is 3.96. The maximum absolute atomic E-state index is 14.0. The molecule has 7 nitrogen and oxygen atoms in total. The van der Waals surface area contributed by atoms with Gasteiger partial charge in [0.2, 0.25) is 11.8 Å². The van der Waals surface area contributed by atoms with Crippen LogP contribution < -0.4 is 10.2 Å². The molecule has 1 N–H and O–H groups in total. The van der Waals surface area contributed by atoms with Gasteiger partial charge in [0.25, 0.3) is 5.91 Å². The van der Waals surface area contributed by atoms with Crippen LogP contribution in [0.1, 0.15) is 55.6 Å². The molecule has 4 aliphatic rings. The number of rotatable bonds is 5. The number of nitrogens with zero attached hydrogens (tertiary/aromatic N) is 1. The van der Waals surface area contributed by atoms with E-state index in [0.717, 1.165) is 33.4 Å². The molecule has 1 heterocycles. The fourth-order valence-electron chi connectivity index (χ4n) is 6.93. The van der Waals surface area contributed by atoms with Crippen LogP contribution in [-0.2, 0) is 19.1 Å². The van der Waals surface area contributed by atoms with Crippen LogP contribution in [0.5, 0.6) is 0 Å². The van der Waals surface area contributed by atoms with Crippen molar-refractivity contribution in [3.05, 3.63) is 130 Å². The van der Waals surface area contributed by atoms with Gasteiger partial charge in [0.15, 0.2) is 6.61 Å². The summed E-state index contributed by atoms with van der Waals surface area (Å²) in [5.41, 5.74) is 7.63. The summed E-state index contributed by atoms with van der Waals surface area (Å²) < 4.78 is 5.27. The van der Waals surface area contributed by atoms with Crippen LogP contribution in [0.15, 0.2) is 91.0 Å². The molecule has 1 fully saturated rings. The minimum atomic E-state index is -0.719. The quantitative estimate of drug-likeness (QED) is 0.259. The lowest BCUT2D eigenvalue weighted by Gasteiger charge is -2.45. The molecule has 2 bridgehead atoms. The number of benzene rings is 4. The number of amides is 3. The summed E-state index contributed by atoms with van der Waals surface area (Å²) in [6, 6.07) is 28.0. The zero-order chi connectivity index (χ0) is 29.1. The normalized spacial score (nSPS) is 21.4. The van der Waals surface area contributed by atoms with Crippen molar-refractivity contribution in [1.82, 2.24) is 0 Å². The molecule has 7 heteroatoms. The smallest absolute Gasteiger partial charge is 0.338 e. The summed E-state index contributed by atoms with van der Waals surface area (Å²) in [6.07, 6.45) is 0. The molecular weight excluding hydrogens is 528 g/mol. The Hall–Kier alpha value is -5.04. The highest BCUT2D eigenvalue weighted by Crippen LogP contribution is 2.61. The number of aryl methyl sites for hydroxylation is 2. The maximum Gasteiger partial charge on any atom is 0.338 e. The SMILES string of the molecule is Cc1ccc(NC(=O)COC(=O)c2cccc(N3C(=O)[C@H]4C5c6ccccc6C(c6ccccc65)[C@@H]4C3=O)c2)cc1C. The van der Waals surface area contributed by atoms with Gasteiger partial charge >= 0.3 is 5.97 Å². The number of carbonyl (C=O) groups is 4. The van der Waals surface area contributed by atoms with Gasteiger partial charge in [-0.15, -0.1) is 0 Å². The highest BCUT2D eigenvalue weighted by atomic mass is 16.5. The third-order valence-corrected chi connectivity index (χ3v) is 8.91. The maximum atomic E-state index is 14.0. The number of imide groups is 1. The Kier molecular flexibility index (Phi) is 6.04. The second-order valence-corrected chi connectivity index (χ2v) is 11.3. The molecule has 0 spiro atoms. The molecule has 0 unspecified atom stereocenters. The second kappa shape index (κ2) is 9.80. The number of ether oxygens (including phenoxy) is 1. The summed E-state index contributed by atoms with van der Waals surface area (Å²) in [5.74, 6) is -3.16. The van der Waals surface area contributed by atoms with Gasteiger partial charge in [0.1, 0.15) is 0 Å². The van der Waals surface area contributed by atoms with Gasteiger partial charge in [0.05, 0.1) is 23.1 Å². The summed E-state index contributed by atoms with van der Waals surface area (Å²) in [5, 5.41) is 2.73. The van der Waals surface area contributed by atoms with Gasteiger partial charge in [-0.05, 0) is 77.6 Å². The van der Waals surface area contributed by atoms with E-state index in [1.807, 2.05) is 50.2 Å². The lowest BCUT2D eigenvalue weighted by molar-refractivity contribution is -0.122. The standard InChI is InChI=1S/C35H28N2O5/c1-19-14-15-22(16-20(19)2)36-28(38)18-42-35(41)21-8-7-9-23(17-21)37-33(39)31-29-24-10-3-4-11-25(24)30(32(31)34(37)40)27-13-6-5-12-26(27)29/h3-17,29-32H,18H2,1-2H3,(H,36,38)/t29?,30?,31-,32-/m0/s1. The topological polar surface area (TPSA) is 92.8 Å². The van der Waals surface area contributed by atoms with Gasteiger partial charge in [-0.3, -0.25) is 14.4 Å². The van der Waals surface area contributed by atoms with Crippen molar-refractivity contribution in [1.29, 1.82) is 0 Å². The van der Waals surface area contributed by atoms with Crippen LogP contribution in [-0.4, -0.2) is 30.3 Å². The fraction of sp³-hybridized carbons (Fsp3) is 0.200. The Morgan fingerprint density at radius 3 is 1.83 bits per heavy atom.